The van der Waals surface area contributed by atoms with E-state index < -0.39 is 5.54 Å². The van der Waals surface area contributed by atoms with E-state index in [1.54, 1.807) is 12.1 Å². The molecule has 0 aliphatic heterocycles. The molecule has 0 saturated heterocycles. The van der Waals surface area contributed by atoms with Gasteiger partial charge in [0.15, 0.2) is 0 Å². The normalized spacial score (nSPS) is 17.3. The second-order valence-electron chi connectivity index (χ2n) is 6.15. The summed E-state index contributed by atoms with van der Waals surface area (Å²) in [5.74, 6) is 0.184. The standard InChI is InChI=1S/C17H24FN3/c1-4-21(16-9-7-15(18)8-10-16)12-17(11-19,14-5-6-14)20-13(2)3/h7-10,13-14,20H,4-6,12H2,1-3H3. The molecule has 1 aliphatic rings. The monoisotopic (exact) mass is 289 g/mol. The number of benzene rings is 1. The predicted octanol–water partition coefficient (Wildman–Crippen LogP) is 3.32. The van der Waals surface area contributed by atoms with Gasteiger partial charge >= 0.3 is 0 Å². The van der Waals surface area contributed by atoms with Crippen molar-refractivity contribution < 1.29 is 4.39 Å². The lowest BCUT2D eigenvalue weighted by molar-refractivity contribution is 0.336. The summed E-state index contributed by atoms with van der Waals surface area (Å²) in [5, 5.41) is 13.2. The highest BCUT2D eigenvalue weighted by atomic mass is 19.1. The molecule has 0 spiro atoms. The highest BCUT2D eigenvalue weighted by Gasteiger charge is 2.47. The average Bonchev–Trinajstić information content (AvgIpc) is 3.29. The topological polar surface area (TPSA) is 39.1 Å². The van der Waals surface area contributed by atoms with Gasteiger partial charge in [0.05, 0.1) is 6.07 Å². The summed E-state index contributed by atoms with van der Waals surface area (Å²) < 4.78 is 13.1. The molecule has 114 valence electrons. The van der Waals surface area contributed by atoms with Crippen LogP contribution in [0.3, 0.4) is 0 Å². The van der Waals surface area contributed by atoms with Gasteiger partial charge in [-0.1, -0.05) is 0 Å². The summed E-state index contributed by atoms with van der Waals surface area (Å²) in [6, 6.07) is 9.29. The molecular weight excluding hydrogens is 265 g/mol. The van der Waals surface area contributed by atoms with Gasteiger partial charge in [-0.3, -0.25) is 5.32 Å². The minimum Gasteiger partial charge on any atom is -0.369 e. The smallest absolute Gasteiger partial charge is 0.127 e. The van der Waals surface area contributed by atoms with Crippen LogP contribution >= 0.6 is 0 Å². The van der Waals surface area contributed by atoms with Crippen molar-refractivity contribution in [1.29, 1.82) is 5.26 Å². The quantitative estimate of drug-likeness (QED) is 0.837. The van der Waals surface area contributed by atoms with Gasteiger partial charge in [0.2, 0.25) is 0 Å². The fourth-order valence-corrected chi connectivity index (χ4v) is 2.88. The van der Waals surface area contributed by atoms with E-state index in [4.69, 9.17) is 0 Å². The summed E-state index contributed by atoms with van der Waals surface area (Å²) in [6.45, 7) is 7.63. The maximum Gasteiger partial charge on any atom is 0.127 e. The number of hydrogen-bond donors (Lipinski definition) is 1. The summed E-state index contributed by atoms with van der Waals surface area (Å²) in [5.41, 5.74) is 0.447. The van der Waals surface area contributed by atoms with Crippen molar-refractivity contribution in [1.82, 2.24) is 5.32 Å². The largest absolute Gasteiger partial charge is 0.369 e. The Bertz CT molecular complexity index is 502. The van der Waals surface area contributed by atoms with E-state index >= 15 is 0 Å². The lowest BCUT2D eigenvalue weighted by Crippen LogP contribution is -2.56. The van der Waals surface area contributed by atoms with Gasteiger partial charge in [-0.2, -0.15) is 5.26 Å². The first-order valence-corrected chi connectivity index (χ1v) is 7.70. The van der Waals surface area contributed by atoms with Gasteiger partial charge in [0.1, 0.15) is 11.4 Å². The molecule has 1 fully saturated rings. The van der Waals surface area contributed by atoms with Crippen LogP contribution in [-0.4, -0.2) is 24.7 Å². The molecule has 0 amide bonds. The summed E-state index contributed by atoms with van der Waals surface area (Å²) >= 11 is 0. The van der Waals surface area contributed by atoms with Gasteiger partial charge in [-0.25, -0.2) is 4.39 Å². The Balaban J connectivity index is 2.21. The van der Waals surface area contributed by atoms with Crippen LogP contribution in [-0.2, 0) is 0 Å². The minimum atomic E-state index is -0.515. The molecule has 4 heteroatoms. The second-order valence-corrected chi connectivity index (χ2v) is 6.15. The van der Waals surface area contributed by atoms with Gasteiger partial charge in [0, 0.05) is 24.8 Å². The fraction of sp³-hybridized carbons (Fsp3) is 0.588. The van der Waals surface area contributed by atoms with Crippen molar-refractivity contribution in [2.45, 2.75) is 45.2 Å². The van der Waals surface area contributed by atoms with Gasteiger partial charge in [-0.05, 0) is 63.8 Å². The SMILES string of the molecule is CCN(CC(C#N)(NC(C)C)C1CC1)c1ccc(F)cc1. The molecule has 0 heterocycles. The molecule has 0 aromatic heterocycles. The maximum atomic E-state index is 13.1. The first-order chi connectivity index (χ1) is 10.0. The molecule has 0 bridgehead atoms. The van der Waals surface area contributed by atoms with Gasteiger partial charge in [-0.15, -0.1) is 0 Å². The van der Waals surface area contributed by atoms with Crippen LogP contribution in [0.15, 0.2) is 24.3 Å². The number of likely N-dealkylation sites (N-methyl/N-ethyl adjacent to an activating group) is 1. The molecule has 21 heavy (non-hydrogen) atoms. The van der Waals surface area contributed by atoms with Crippen molar-refractivity contribution >= 4 is 5.69 Å². The second kappa shape index (κ2) is 6.44. The van der Waals surface area contributed by atoms with Crippen LogP contribution in [0.4, 0.5) is 10.1 Å². The van der Waals surface area contributed by atoms with E-state index in [-0.39, 0.29) is 11.9 Å². The van der Waals surface area contributed by atoms with Crippen LogP contribution in [0.25, 0.3) is 0 Å². The predicted molar refractivity (Wildman–Crippen MR) is 83.6 cm³/mol. The zero-order chi connectivity index (χ0) is 15.5. The lowest BCUT2D eigenvalue weighted by atomic mass is 9.92. The van der Waals surface area contributed by atoms with Crippen molar-refractivity contribution in [3.05, 3.63) is 30.1 Å². The molecule has 1 N–H and O–H groups in total. The Hall–Kier alpha value is -1.60. The number of nitrogens with zero attached hydrogens (tertiary/aromatic N) is 2. The number of anilines is 1. The number of hydrogen-bond acceptors (Lipinski definition) is 3. The number of halogens is 1. The van der Waals surface area contributed by atoms with E-state index in [9.17, 15) is 9.65 Å². The Morgan fingerprint density at radius 2 is 2.00 bits per heavy atom. The maximum absolute atomic E-state index is 13.1. The summed E-state index contributed by atoms with van der Waals surface area (Å²) in [6.07, 6.45) is 2.21. The zero-order valence-electron chi connectivity index (χ0n) is 13.1. The highest BCUT2D eigenvalue weighted by Crippen LogP contribution is 2.40. The van der Waals surface area contributed by atoms with Crippen LogP contribution in [0.1, 0.15) is 33.6 Å². The molecule has 0 radical (unpaired) electrons. The first-order valence-electron chi connectivity index (χ1n) is 7.70. The molecule has 1 saturated carbocycles. The van der Waals surface area contributed by atoms with Crippen molar-refractivity contribution in [3.8, 4) is 6.07 Å². The molecule has 1 unspecified atom stereocenters. The molecule has 1 atom stereocenters. The van der Waals surface area contributed by atoms with Crippen LogP contribution in [0, 0.1) is 23.1 Å². The Morgan fingerprint density at radius 1 is 1.38 bits per heavy atom. The number of nitrogens with one attached hydrogen (secondary N) is 1. The van der Waals surface area contributed by atoms with Crippen LogP contribution in [0.2, 0.25) is 0 Å². The third-order valence-corrected chi connectivity index (χ3v) is 4.03. The molecule has 1 aromatic carbocycles. The summed E-state index contributed by atoms with van der Waals surface area (Å²) in [4.78, 5) is 2.15. The molecule has 3 nitrogen and oxygen atoms in total. The average molecular weight is 289 g/mol. The van der Waals surface area contributed by atoms with Gasteiger partial charge in [0.25, 0.3) is 0 Å². The van der Waals surface area contributed by atoms with Crippen molar-refractivity contribution in [2.24, 2.45) is 5.92 Å². The Labute approximate surface area is 126 Å². The lowest BCUT2D eigenvalue weighted by Gasteiger charge is -2.36. The van der Waals surface area contributed by atoms with Crippen molar-refractivity contribution in [3.63, 3.8) is 0 Å². The molecule has 1 aromatic rings. The third-order valence-electron chi connectivity index (χ3n) is 4.03. The Morgan fingerprint density at radius 3 is 2.43 bits per heavy atom. The third kappa shape index (κ3) is 3.74. The fourth-order valence-electron chi connectivity index (χ4n) is 2.88. The Kier molecular flexibility index (Phi) is 4.84. The van der Waals surface area contributed by atoms with Gasteiger partial charge < -0.3 is 4.90 Å². The zero-order valence-corrected chi connectivity index (χ0v) is 13.1. The van der Waals surface area contributed by atoms with E-state index in [0.29, 0.717) is 12.5 Å². The molecule has 2 rings (SSSR count). The molecular formula is C17H24FN3. The van der Waals surface area contributed by atoms with E-state index in [0.717, 1.165) is 25.1 Å². The van der Waals surface area contributed by atoms with E-state index in [1.165, 1.54) is 12.1 Å². The molecule has 1 aliphatic carbocycles. The number of rotatable bonds is 7. The first kappa shape index (κ1) is 15.8. The van der Waals surface area contributed by atoms with E-state index in [2.05, 4.69) is 37.1 Å². The summed E-state index contributed by atoms with van der Waals surface area (Å²) in [7, 11) is 0. The number of nitriles is 1. The van der Waals surface area contributed by atoms with Crippen LogP contribution < -0.4 is 10.2 Å². The highest BCUT2D eigenvalue weighted by molar-refractivity contribution is 5.47. The van der Waals surface area contributed by atoms with E-state index in [1.807, 2.05) is 0 Å². The van der Waals surface area contributed by atoms with Crippen molar-refractivity contribution in [2.75, 3.05) is 18.0 Å². The van der Waals surface area contributed by atoms with Crippen LogP contribution in [0.5, 0.6) is 0 Å². The minimum absolute atomic E-state index is 0.233.